The van der Waals surface area contributed by atoms with Crippen molar-refractivity contribution in [1.82, 2.24) is 10.2 Å². The van der Waals surface area contributed by atoms with E-state index in [9.17, 15) is 8.78 Å². The van der Waals surface area contributed by atoms with Gasteiger partial charge in [-0.3, -0.25) is 4.90 Å². The summed E-state index contributed by atoms with van der Waals surface area (Å²) in [7, 11) is 0. The van der Waals surface area contributed by atoms with Crippen molar-refractivity contribution < 1.29 is 8.78 Å². The highest BCUT2D eigenvalue weighted by atomic mass is 35.5. The molecule has 112 valence electrons. The van der Waals surface area contributed by atoms with Gasteiger partial charge in [-0.15, -0.1) is 0 Å². The molecule has 0 bridgehead atoms. The summed E-state index contributed by atoms with van der Waals surface area (Å²) in [6.45, 7) is 9.38. The molecule has 1 aromatic rings. The van der Waals surface area contributed by atoms with Crippen molar-refractivity contribution in [2.24, 2.45) is 5.41 Å². The molecule has 1 saturated heterocycles. The molecule has 0 amide bonds. The van der Waals surface area contributed by atoms with E-state index in [1.807, 2.05) is 20.8 Å². The molecule has 0 aliphatic carbocycles. The minimum absolute atomic E-state index is 0.0940. The smallest absolute Gasteiger partial charge is 0.142 e. The molecule has 1 N–H and O–H groups in total. The van der Waals surface area contributed by atoms with Gasteiger partial charge < -0.3 is 5.32 Å². The minimum atomic E-state index is -0.563. The van der Waals surface area contributed by atoms with Gasteiger partial charge in [-0.2, -0.15) is 0 Å². The summed E-state index contributed by atoms with van der Waals surface area (Å²) >= 11 is 6.06. The summed E-state index contributed by atoms with van der Waals surface area (Å²) in [5.41, 5.74) is 0.0383. The van der Waals surface area contributed by atoms with Gasteiger partial charge in [-0.25, -0.2) is 8.78 Å². The molecule has 2 rings (SSSR count). The van der Waals surface area contributed by atoms with Crippen LogP contribution in [-0.2, 0) is 0 Å². The SMILES string of the molecule is CC(C)(C)[C@H](c1c(F)ccc(F)c1Cl)N1CCNCC1. The van der Waals surface area contributed by atoms with Gasteiger partial charge in [0, 0.05) is 37.8 Å². The first-order chi connectivity index (χ1) is 9.32. The summed E-state index contributed by atoms with van der Waals surface area (Å²) in [6.07, 6.45) is 0. The normalized spacial score (nSPS) is 19.1. The molecule has 0 spiro atoms. The van der Waals surface area contributed by atoms with E-state index in [2.05, 4.69) is 10.2 Å². The lowest BCUT2D eigenvalue weighted by Crippen LogP contribution is -2.48. The number of hydrogen-bond acceptors (Lipinski definition) is 2. The van der Waals surface area contributed by atoms with Crippen LogP contribution in [0.25, 0.3) is 0 Å². The van der Waals surface area contributed by atoms with Crippen molar-refractivity contribution in [2.45, 2.75) is 26.8 Å². The molecular weight excluding hydrogens is 282 g/mol. The van der Waals surface area contributed by atoms with Crippen molar-refractivity contribution in [3.8, 4) is 0 Å². The Morgan fingerprint density at radius 2 is 1.70 bits per heavy atom. The zero-order valence-electron chi connectivity index (χ0n) is 12.1. The third kappa shape index (κ3) is 3.13. The molecule has 1 atom stereocenters. The molecular formula is C15H21ClF2N2. The second-order valence-corrected chi connectivity index (χ2v) is 6.69. The van der Waals surface area contributed by atoms with E-state index in [1.54, 1.807) is 0 Å². The van der Waals surface area contributed by atoms with E-state index in [-0.39, 0.29) is 22.0 Å². The quantitative estimate of drug-likeness (QED) is 0.840. The largest absolute Gasteiger partial charge is 0.314 e. The van der Waals surface area contributed by atoms with Crippen molar-refractivity contribution in [3.63, 3.8) is 0 Å². The molecule has 0 saturated carbocycles. The number of nitrogens with one attached hydrogen (secondary N) is 1. The van der Waals surface area contributed by atoms with Crippen LogP contribution in [-0.4, -0.2) is 31.1 Å². The summed E-state index contributed by atoms with van der Waals surface area (Å²) in [4.78, 5) is 2.18. The molecule has 5 heteroatoms. The molecule has 0 unspecified atom stereocenters. The summed E-state index contributed by atoms with van der Waals surface area (Å²) in [6, 6.07) is 2.00. The van der Waals surface area contributed by atoms with Gasteiger partial charge in [0.15, 0.2) is 0 Å². The topological polar surface area (TPSA) is 15.3 Å². The molecule has 1 heterocycles. The van der Waals surface area contributed by atoms with Crippen LogP contribution in [0.5, 0.6) is 0 Å². The fourth-order valence-electron chi connectivity index (χ4n) is 2.90. The highest BCUT2D eigenvalue weighted by Crippen LogP contribution is 2.42. The zero-order valence-corrected chi connectivity index (χ0v) is 12.9. The van der Waals surface area contributed by atoms with E-state index in [0.29, 0.717) is 0 Å². The van der Waals surface area contributed by atoms with Gasteiger partial charge in [0.05, 0.1) is 5.02 Å². The average molecular weight is 303 g/mol. The predicted molar refractivity (Wildman–Crippen MR) is 78.0 cm³/mol. The van der Waals surface area contributed by atoms with Gasteiger partial charge in [0.2, 0.25) is 0 Å². The number of rotatable bonds is 2. The molecule has 1 aromatic carbocycles. The molecule has 0 aromatic heterocycles. The second kappa shape index (κ2) is 5.96. The third-order valence-electron chi connectivity index (χ3n) is 3.69. The first kappa shape index (κ1) is 15.7. The van der Waals surface area contributed by atoms with Crippen LogP contribution >= 0.6 is 11.6 Å². The first-order valence-electron chi connectivity index (χ1n) is 6.90. The average Bonchev–Trinajstić information content (AvgIpc) is 2.39. The fraction of sp³-hybridized carbons (Fsp3) is 0.600. The number of halogens is 3. The Hall–Kier alpha value is -0.710. The van der Waals surface area contributed by atoms with E-state index < -0.39 is 11.6 Å². The Bertz CT molecular complexity index is 479. The van der Waals surface area contributed by atoms with Gasteiger partial charge in [-0.05, 0) is 17.5 Å². The Morgan fingerprint density at radius 3 is 2.25 bits per heavy atom. The Morgan fingerprint density at radius 1 is 1.15 bits per heavy atom. The summed E-state index contributed by atoms with van der Waals surface area (Å²) in [5.74, 6) is -0.998. The predicted octanol–water partition coefficient (Wildman–Crippen LogP) is 3.61. The van der Waals surface area contributed by atoms with Crippen LogP contribution in [0.1, 0.15) is 32.4 Å². The number of hydrogen-bond donors (Lipinski definition) is 1. The van der Waals surface area contributed by atoms with E-state index in [1.165, 1.54) is 0 Å². The summed E-state index contributed by atoms with van der Waals surface area (Å²) in [5, 5.41) is 3.18. The molecule has 2 nitrogen and oxygen atoms in total. The third-order valence-corrected chi connectivity index (χ3v) is 4.07. The molecule has 1 fully saturated rings. The Balaban J connectivity index is 2.49. The highest BCUT2D eigenvalue weighted by Gasteiger charge is 2.36. The number of nitrogens with zero attached hydrogens (tertiary/aromatic N) is 1. The van der Waals surface area contributed by atoms with Crippen LogP contribution < -0.4 is 5.32 Å². The second-order valence-electron chi connectivity index (χ2n) is 6.31. The zero-order chi connectivity index (χ0) is 14.9. The molecule has 1 aliphatic rings. The van der Waals surface area contributed by atoms with E-state index >= 15 is 0 Å². The van der Waals surface area contributed by atoms with Gasteiger partial charge in [0.1, 0.15) is 11.6 Å². The van der Waals surface area contributed by atoms with Crippen molar-refractivity contribution in [3.05, 3.63) is 34.4 Å². The fourth-order valence-corrected chi connectivity index (χ4v) is 3.15. The minimum Gasteiger partial charge on any atom is -0.314 e. The highest BCUT2D eigenvalue weighted by molar-refractivity contribution is 6.31. The number of piperazine rings is 1. The van der Waals surface area contributed by atoms with Crippen LogP contribution in [0.15, 0.2) is 12.1 Å². The standard InChI is InChI=1S/C15H21ClF2N2/c1-15(2,3)14(20-8-6-19-7-9-20)12-10(17)4-5-11(18)13(12)16/h4-5,14,19H,6-9H2,1-3H3/t14-/m0/s1. The van der Waals surface area contributed by atoms with Gasteiger partial charge in [-0.1, -0.05) is 32.4 Å². The van der Waals surface area contributed by atoms with E-state index in [4.69, 9.17) is 11.6 Å². The Kier molecular flexibility index (Phi) is 4.67. The van der Waals surface area contributed by atoms with E-state index in [0.717, 1.165) is 38.3 Å². The lowest BCUT2D eigenvalue weighted by molar-refractivity contribution is 0.0833. The lowest BCUT2D eigenvalue weighted by atomic mass is 9.80. The summed E-state index contributed by atoms with van der Waals surface area (Å²) < 4.78 is 28.0. The lowest BCUT2D eigenvalue weighted by Gasteiger charge is -2.43. The maximum Gasteiger partial charge on any atom is 0.142 e. The maximum absolute atomic E-state index is 14.3. The van der Waals surface area contributed by atoms with Gasteiger partial charge >= 0.3 is 0 Å². The van der Waals surface area contributed by atoms with Crippen molar-refractivity contribution in [2.75, 3.05) is 26.2 Å². The van der Waals surface area contributed by atoms with Gasteiger partial charge in [0.25, 0.3) is 0 Å². The number of benzene rings is 1. The molecule has 20 heavy (non-hydrogen) atoms. The maximum atomic E-state index is 14.3. The van der Waals surface area contributed by atoms with Crippen LogP contribution in [0.3, 0.4) is 0 Å². The molecule has 1 aliphatic heterocycles. The molecule has 0 radical (unpaired) electrons. The van der Waals surface area contributed by atoms with Crippen LogP contribution in [0.4, 0.5) is 8.78 Å². The van der Waals surface area contributed by atoms with Crippen LogP contribution in [0.2, 0.25) is 5.02 Å². The van der Waals surface area contributed by atoms with Crippen molar-refractivity contribution in [1.29, 1.82) is 0 Å². The monoisotopic (exact) mass is 302 g/mol. The Labute approximate surface area is 124 Å². The van der Waals surface area contributed by atoms with Crippen LogP contribution in [0, 0.1) is 17.0 Å². The first-order valence-corrected chi connectivity index (χ1v) is 7.28. The van der Waals surface area contributed by atoms with Crippen molar-refractivity contribution >= 4 is 11.6 Å².